The van der Waals surface area contributed by atoms with Gasteiger partial charge < -0.3 is 4.90 Å². The van der Waals surface area contributed by atoms with Crippen molar-refractivity contribution in [1.82, 2.24) is 4.90 Å². The normalized spacial score (nSPS) is 17.2. The fourth-order valence-corrected chi connectivity index (χ4v) is 0.870. The van der Waals surface area contributed by atoms with Crippen LogP contribution in [0.1, 0.15) is 0 Å². The summed E-state index contributed by atoms with van der Waals surface area (Å²) in [6.45, 7) is 19.8. The molecule has 0 rings (SSSR count). The Balaban J connectivity index is 4.45. The van der Waals surface area contributed by atoms with Crippen LogP contribution in [-0.2, 0) is 4.57 Å². The van der Waals surface area contributed by atoms with E-state index in [0.29, 0.717) is 0 Å². The van der Waals surface area contributed by atoms with Crippen LogP contribution >= 0.6 is 7.60 Å². The fourth-order valence-electron chi connectivity index (χ4n) is 0.465. The molecule has 5 heteroatoms. The molecule has 0 aliphatic carbocycles. The predicted molar refractivity (Wildman–Crippen MR) is 44.9 cm³/mol. The molecule has 1 unspecified atom stereocenters. The van der Waals surface area contributed by atoms with Crippen molar-refractivity contribution in [3.05, 3.63) is 27.4 Å². The van der Waals surface area contributed by atoms with Crippen LogP contribution in [-0.4, -0.2) is 23.8 Å². The van der Waals surface area contributed by atoms with Gasteiger partial charge >= 0.3 is 7.60 Å². The van der Waals surface area contributed by atoms with Gasteiger partial charge in [0, 0.05) is 20.0 Å². The van der Waals surface area contributed by atoms with Crippen LogP contribution in [0.3, 0.4) is 0 Å². The van der Waals surface area contributed by atoms with Crippen LogP contribution in [0.4, 0.5) is 4.20 Å². The van der Waals surface area contributed by atoms with Crippen molar-refractivity contribution in [3.8, 4) is 0 Å². The van der Waals surface area contributed by atoms with E-state index >= 15 is 0 Å². The van der Waals surface area contributed by atoms with Crippen LogP contribution < -0.4 is 0 Å². The summed E-state index contributed by atoms with van der Waals surface area (Å²) in [6, 6.07) is 0. The van der Waals surface area contributed by atoms with Gasteiger partial charge in [-0.25, -0.2) is 0 Å². The van der Waals surface area contributed by atoms with Gasteiger partial charge in [0.25, 0.3) is 0 Å². The standard InChI is InChI=1S/C7H8FN2OP/c1-5-10(6-2)7(3)9-12(4,8)11/h1-4H,5-6H2/b9-7-. The molecular weight excluding hydrogens is 178 g/mol. The summed E-state index contributed by atoms with van der Waals surface area (Å²) in [4.78, 5) is 1.11. The van der Waals surface area contributed by atoms with Crippen molar-refractivity contribution >= 4 is 13.4 Å². The van der Waals surface area contributed by atoms with Crippen molar-refractivity contribution in [1.29, 1.82) is 0 Å². The molecule has 0 aliphatic rings. The molecule has 0 aromatic carbocycles. The highest BCUT2D eigenvalue weighted by atomic mass is 31.2. The Morgan fingerprint density at radius 1 is 1.50 bits per heavy atom. The van der Waals surface area contributed by atoms with Crippen LogP contribution in [0.25, 0.3) is 0 Å². The maximum absolute atomic E-state index is 12.2. The summed E-state index contributed by atoms with van der Waals surface area (Å²) in [5, 5.41) is 0. The van der Waals surface area contributed by atoms with Crippen molar-refractivity contribution in [2.75, 3.05) is 13.1 Å². The van der Waals surface area contributed by atoms with E-state index in [4.69, 9.17) is 20.8 Å². The van der Waals surface area contributed by atoms with Gasteiger partial charge in [-0.1, -0.05) is 0 Å². The van der Waals surface area contributed by atoms with Crippen LogP contribution in [0, 0.1) is 27.4 Å². The van der Waals surface area contributed by atoms with Crippen molar-refractivity contribution in [2.45, 2.75) is 0 Å². The summed E-state index contributed by atoms with van der Waals surface area (Å²) < 4.78 is 25.4. The van der Waals surface area contributed by atoms with E-state index in [9.17, 15) is 8.76 Å². The average molecular weight is 186 g/mol. The van der Waals surface area contributed by atoms with Gasteiger partial charge in [-0.05, 0) is 13.8 Å². The summed E-state index contributed by atoms with van der Waals surface area (Å²) in [5.41, 5.74) is 0. The van der Waals surface area contributed by atoms with Gasteiger partial charge in [0.1, 0.15) is 5.84 Å². The molecule has 0 saturated heterocycles. The Bertz CT molecular complexity index is 207. The molecule has 0 saturated carbocycles. The molecule has 0 aromatic heterocycles. The molecule has 12 heavy (non-hydrogen) atoms. The van der Waals surface area contributed by atoms with Crippen LogP contribution in [0.2, 0.25) is 0 Å². The molecule has 1 atom stereocenters. The van der Waals surface area contributed by atoms with E-state index in [1.807, 2.05) is 0 Å². The molecule has 0 aromatic rings. The lowest BCUT2D eigenvalue weighted by Crippen LogP contribution is -2.28. The van der Waals surface area contributed by atoms with E-state index in [-0.39, 0.29) is 18.9 Å². The van der Waals surface area contributed by atoms with E-state index in [0.717, 1.165) is 4.90 Å². The first-order chi connectivity index (χ1) is 5.40. The number of rotatable bonds is 3. The smallest absolute Gasteiger partial charge is 0.357 e. The predicted octanol–water partition coefficient (Wildman–Crippen LogP) is 1.65. The highest BCUT2D eigenvalue weighted by Crippen LogP contribution is 2.47. The van der Waals surface area contributed by atoms with Gasteiger partial charge in [-0.15, -0.1) is 0 Å². The second-order valence-corrected chi connectivity index (χ2v) is 3.20. The lowest BCUT2D eigenvalue weighted by atomic mass is 10.5. The molecule has 3 nitrogen and oxygen atoms in total. The van der Waals surface area contributed by atoms with E-state index < -0.39 is 7.60 Å². The topological polar surface area (TPSA) is 32.7 Å². The molecule has 0 N–H and O–H groups in total. The highest BCUT2D eigenvalue weighted by molar-refractivity contribution is 7.58. The van der Waals surface area contributed by atoms with E-state index in [2.05, 4.69) is 11.4 Å². The minimum Gasteiger partial charge on any atom is -0.359 e. The minimum atomic E-state index is -4.49. The Morgan fingerprint density at radius 3 is 2.17 bits per heavy atom. The maximum Gasteiger partial charge on any atom is 0.357 e. The van der Waals surface area contributed by atoms with Gasteiger partial charge in [0.2, 0.25) is 0 Å². The van der Waals surface area contributed by atoms with Crippen molar-refractivity contribution < 1.29 is 8.76 Å². The second-order valence-electron chi connectivity index (χ2n) is 1.91. The summed E-state index contributed by atoms with van der Waals surface area (Å²) in [7, 11) is -4.49. The maximum atomic E-state index is 12.2. The molecule has 0 amide bonds. The van der Waals surface area contributed by atoms with E-state index in [1.54, 1.807) is 0 Å². The van der Waals surface area contributed by atoms with Gasteiger partial charge in [-0.3, -0.25) is 4.57 Å². The molecule has 0 heterocycles. The monoisotopic (exact) mass is 186 g/mol. The lowest BCUT2D eigenvalue weighted by Gasteiger charge is -2.19. The Labute approximate surface area is 73.2 Å². The fraction of sp³-hybridized carbons (Fsp3) is 0.286. The number of hydrogen-bond acceptors (Lipinski definition) is 1. The zero-order valence-corrected chi connectivity index (χ0v) is 7.25. The summed E-state index contributed by atoms with van der Waals surface area (Å²) >= 11 is 0. The molecule has 8 radical (unpaired) electrons. The van der Waals surface area contributed by atoms with Crippen LogP contribution in [0.5, 0.6) is 0 Å². The van der Waals surface area contributed by atoms with Gasteiger partial charge in [0.15, 0.2) is 0 Å². The zero-order valence-electron chi connectivity index (χ0n) is 6.35. The average Bonchev–Trinajstić information content (AvgIpc) is 1.85. The largest absolute Gasteiger partial charge is 0.359 e. The number of halogens is 1. The summed E-state index contributed by atoms with van der Waals surface area (Å²) in [6.07, 6.45) is 0. The zero-order chi connectivity index (χ0) is 9.78. The van der Waals surface area contributed by atoms with Gasteiger partial charge in [-0.2, -0.15) is 8.96 Å². The highest BCUT2D eigenvalue weighted by Gasteiger charge is 2.13. The van der Waals surface area contributed by atoms with Gasteiger partial charge in [0.05, 0.1) is 6.66 Å². The van der Waals surface area contributed by atoms with E-state index in [1.165, 1.54) is 0 Å². The molecule has 0 aliphatic heterocycles. The molecular formula is C7H8FN2OP. The SMILES string of the molecule is [CH]CN(C[CH])/C([CH])=N\P([CH])(=O)F. The third kappa shape index (κ3) is 4.50. The quantitative estimate of drug-likeness (QED) is 0.381. The van der Waals surface area contributed by atoms with Crippen LogP contribution in [0.15, 0.2) is 4.76 Å². The first kappa shape index (κ1) is 11.6. The third-order valence-corrected chi connectivity index (χ3v) is 1.48. The minimum absolute atomic E-state index is 0.0498. The molecule has 64 valence electrons. The Hall–Kier alpha value is -0.370. The van der Waals surface area contributed by atoms with Crippen molar-refractivity contribution in [3.63, 3.8) is 0 Å². The van der Waals surface area contributed by atoms with Crippen molar-refractivity contribution in [2.24, 2.45) is 4.76 Å². The Kier molecular flexibility index (Phi) is 4.46. The molecule has 0 spiro atoms. The third-order valence-electron chi connectivity index (χ3n) is 1.00. The summed E-state index contributed by atoms with van der Waals surface area (Å²) in [5.74, 6) is -0.367. The number of hydrogen-bond donors (Lipinski definition) is 0. The second kappa shape index (κ2) is 4.61. The number of nitrogens with zero attached hydrogens (tertiary/aromatic N) is 2. The first-order valence-corrected chi connectivity index (χ1v) is 4.61. The number of amidine groups is 1. The lowest BCUT2D eigenvalue weighted by molar-refractivity contribution is 0.509. The first-order valence-electron chi connectivity index (χ1n) is 2.99. The Morgan fingerprint density at radius 2 is 1.92 bits per heavy atom. The molecule has 0 bridgehead atoms. The molecule has 0 fully saturated rings.